The number of nitrogens with zero attached hydrogens (tertiary/aromatic N) is 1. The van der Waals surface area contributed by atoms with Gasteiger partial charge in [-0.05, 0) is 29.8 Å². The number of benzene rings is 1. The summed E-state index contributed by atoms with van der Waals surface area (Å²) in [5.74, 6) is -1.20. The number of rotatable bonds is 7. The maximum atomic E-state index is 12.3. The zero-order chi connectivity index (χ0) is 16.9. The lowest BCUT2D eigenvalue weighted by atomic mass is 10.0. The fourth-order valence-corrected chi connectivity index (χ4v) is 3.02. The molecule has 2 rings (SSSR count). The number of hydrogen-bond donors (Lipinski definition) is 2. The molecule has 0 saturated heterocycles. The Morgan fingerprint density at radius 1 is 1.30 bits per heavy atom. The fourth-order valence-electron chi connectivity index (χ4n) is 1.94. The van der Waals surface area contributed by atoms with Crippen LogP contribution in [0.25, 0.3) is 11.1 Å². The number of nitrogens with one attached hydrogen (secondary N) is 1. The first-order valence-corrected chi connectivity index (χ1v) is 8.20. The van der Waals surface area contributed by atoms with E-state index in [4.69, 9.17) is 4.74 Å². The number of methoxy groups -OCH3 is 1. The van der Waals surface area contributed by atoms with E-state index in [2.05, 4.69) is 9.71 Å². The molecule has 0 aliphatic carbocycles. The van der Waals surface area contributed by atoms with Gasteiger partial charge >= 0.3 is 5.97 Å². The highest BCUT2D eigenvalue weighted by Gasteiger charge is 2.18. The largest absolute Gasteiger partial charge is 0.478 e. The molecule has 0 aliphatic rings. The summed E-state index contributed by atoms with van der Waals surface area (Å²) in [5.41, 5.74) is 0.979. The van der Waals surface area contributed by atoms with Crippen LogP contribution in [0, 0.1) is 0 Å². The number of carboxylic acids is 1. The minimum Gasteiger partial charge on any atom is -0.478 e. The molecule has 1 heterocycles. The van der Waals surface area contributed by atoms with Crippen LogP contribution < -0.4 is 4.72 Å². The van der Waals surface area contributed by atoms with Gasteiger partial charge in [0, 0.05) is 31.6 Å². The Hall–Kier alpha value is -2.29. The Balaban J connectivity index is 2.48. The molecule has 23 heavy (non-hydrogen) atoms. The van der Waals surface area contributed by atoms with Crippen molar-refractivity contribution in [1.82, 2.24) is 9.71 Å². The van der Waals surface area contributed by atoms with E-state index in [0.717, 1.165) is 6.07 Å². The first kappa shape index (κ1) is 17.1. The number of pyridine rings is 1. The molecule has 0 atom stereocenters. The second-order valence-electron chi connectivity index (χ2n) is 4.68. The summed E-state index contributed by atoms with van der Waals surface area (Å²) < 4.78 is 31.7. The van der Waals surface area contributed by atoms with Crippen molar-refractivity contribution >= 4 is 16.0 Å². The predicted molar refractivity (Wildman–Crippen MR) is 83.7 cm³/mol. The highest BCUT2D eigenvalue weighted by molar-refractivity contribution is 7.89. The van der Waals surface area contributed by atoms with E-state index in [1.807, 2.05) is 0 Å². The predicted octanol–water partition coefficient (Wildman–Crippen LogP) is 1.37. The van der Waals surface area contributed by atoms with Crippen molar-refractivity contribution in [2.75, 3.05) is 20.3 Å². The standard InChI is InChI=1S/C15H16N2O5S/c1-22-6-5-17-23(20,21)14-8-12(7-13(9-14)15(18)19)11-3-2-4-16-10-11/h2-4,7-10,17H,5-6H2,1H3,(H,18,19). The molecular formula is C15H16N2O5S. The van der Waals surface area contributed by atoms with Crippen molar-refractivity contribution in [1.29, 1.82) is 0 Å². The molecule has 0 unspecified atom stereocenters. The average molecular weight is 336 g/mol. The summed E-state index contributed by atoms with van der Waals surface area (Å²) in [7, 11) is -2.37. The molecule has 0 aliphatic heterocycles. The van der Waals surface area contributed by atoms with Crippen LogP contribution in [0.5, 0.6) is 0 Å². The SMILES string of the molecule is COCCNS(=O)(=O)c1cc(C(=O)O)cc(-c2cccnc2)c1. The molecule has 8 heteroatoms. The van der Waals surface area contributed by atoms with E-state index in [9.17, 15) is 18.3 Å². The first-order valence-electron chi connectivity index (χ1n) is 6.71. The number of hydrogen-bond acceptors (Lipinski definition) is 5. The summed E-state index contributed by atoms with van der Waals surface area (Å²) in [6, 6.07) is 7.36. The third-order valence-electron chi connectivity index (χ3n) is 3.06. The van der Waals surface area contributed by atoms with Gasteiger partial charge in [-0.15, -0.1) is 0 Å². The van der Waals surface area contributed by atoms with Gasteiger partial charge in [0.2, 0.25) is 10.0 Å². The van der Waals surface area contributed by atoms with Gasteiger partial charge in [-0.2, -0.15) is 0 Å². The number of ether oxygens (including phenoxy) is 1. The lowest BCUT2D eigenvalue weighted by molar-refractivity contribution is 0.0696. The van der Waals surface area contributed by atoms with E-state index in [1.165, 1.54) is 25.4 Å². The van der Waals surface area contributed by atoms with Gasteiger partial charge in [-0.3, -0.25) is 4.98 Å². The molecule has 1 aromatic heterocycles. The fraction of sp³-hybridized carbons (Fsp3) is 0.200. The maximum absolute atomic E-state index is 12.3. The molecule has 7 nitrogen and oxygen atoms in total. The Kier molecular flexibility index (Phi) is 5.43. The highest BCUT2D eigenvalue weighted by Crippen LogP contribution is 2.24. The summed E-state index contributed by atoms with van der Waals surface area (Å²) in [6.07, 6.45) is 3.12. The Morgan fingerprint density at radius 3 is 2.70 bits per heavy atom. The van der Waals surface area contributed by atoms with E-state index in [-0.39, 0.29) is 23.6 Å². The van der Waals surface area contributed by atoms with E-state index in [0.29, 0.717) is 11.1 Å². The smallest absolute Gasteiger partial charge is 0.335 e. The van der Waals surface area contributed by atoms with Gasteiger partial charge in [-0.1, -0.05) is 6.07 Å². The van der Waals surface area contributed by atoms with Crippen LogP contribution in [-0.4, -0.2) is 44.7 Å². The monoisotopic (exact) mass is 336 g/mol. The van der Waals surface area contributed by atoms with Crippen molar-refractivity contribution in [2.24, 2.45) is 0 Å². The number of aromatic nitrogens is 1. The van der Waals surface area contributed by atoms with Gasteiger partial charge in [0.05, 0.1) is 17.1 Å². The Bertz CT molecular complexity index is 791. The number of aromatic carboxylic acids is 1. The number of carboxylic acid groups (broad SMARTS) is 1. The third-order valence-corrected chi connectivity index (χ3v) is 4.50. The van der Waals surface area contributed by atoms with Crippen LogP contribution in [0.1, 0.15) is 10.4 Å². The molecule has 0 spiro atoms. The highest BCUT2D eigenvalue weighted by atomic mass is 32.2. The number of carbonyl (C=O) groups is 1. The molecule has 1 aromatic carbocycles. The maximum Gasteiger partial charge on any atom is 0.335 e. The summed E-state index contributed by atoms with van der Waals surface area (Å²) in [6.45, 7) is 0.311. The Morgan fingerprint density at radius 2 is 2.09 bits per heavy atom. The molecular weight excluding hydrogens is 320 g/mol. The second-order valence-corrected chi connectivity index (χ2v) is 6.45. The molecule has 2 N–H and O–H groups in total. The minimum atomic E-state index is -3.83. The normalized spacial score (nSPS) is 11.3. The molecule has 122 valence electrons. The lowest BCUT2D eigenvalue weighted by Crippen LogP contribution is -2.27. The Labute approximate surface area is 134 Å². The average Bonchev–Trinajstić information content (AvgIpc) is 2.55. The molecule has 0 amide bonds. The van der Waals surface area contributed by atoms with Crippen LogP contribution in [0.4, 0.5) is 0 Å². The molecule has 0 saturated carbocycles. The summed E-state index contributed by atoms with van der Waals surface area (Å²) in [4.78, 5) is 15.1. The van der Waals surface area contributed by atoms with E-state index < -0.39 is 16.0 Å². The molecule has 2 aromatic rings. The van der Waals surface area contributed by atoms with Crippen molar-refractivity contribution < 1.29 is 23.1 Å². The van der Waals surface area contributed by atoms with Gasteiger partial charge < -0.3 is 9.84 Å². The van der Waals surface area contributed by atoms with Crippen molar-refractivity contribution in [2.45, 2.75) is 4.90 Å². The van der Waals surface area contributed by atoms with Crippen molar-refractivity contribution in [3.63, 3.8) is 0 Å². The van der Waals surface area contributed by atoms with Crippen LogP contribution in [-0.2, 0) is 14.8 Å². The van der Waals surface area contributed by atoms with Crippen molar-refractivity contribution in [3.8, 4) is 11.1 Å². The van der Waals surface area contributed by atoms with Gasteiger partial charge in [-0.25, -0.2) is 17.9 Å². The van der Waals surface area contributed by atoms with E-state index in [1.54, 1.807) is 18.3 Å². The van der Waals surface area contributed by atoms with Crippen LogP contribution in [0.15, 0.2) is 47.6 Å². The second kappa shape index (κ2) is 7.32. The zero-order valence-corrected chi connectivity index (χ0v) is 13.2. The van der Waals surface area contributed by atoms with Crippen LogP contribution in [0.2, 0.25) is 0 Å². The van der Waals surface area contributed by atoms with Crippen LogP contribution >= 0.6 is 0 Å². The molecule has 0 fully saturated rings. The minimum absolute atomic E-state index is 0.0956. The molecule has 0 radical (unpaired) electrons. The molecule has 0 bridgehead atoms. The summed E-state index contributed by atoms with van der Waals surface area (Å²) >= 11 is 0. The quantitative estimate of drug-likeness (QED) is 0.740. The first-order chi connectivity index (χ1) is 10.9. The van der Waals surface area contributed by atoms with E-state index >= 15 is 0 Å². The van der Waals surface area contributed by atoms with Gasteiger partial charge in [0.1, 0.15) is 0 Å². The lowest BCUT2D eigenvalue weighted by Gasteiger charge is -2.10. The number of sulfonamides is 1. The summed E-state index contributed by atoms with van der Waals surface area (Å²) in [5, 5.41) is 9.21. The van der Waals surface area contributed by atoms with Crippen LogP contribution in [0.3, 0.4) is 0 Å². The topological polar surface area (TPSA) is 106 Å². The van der Waals surface area contributed by atoms with Crippen molar-refractivity contribution in [3.05, 3.63) is 48.3 Å². The van der Waals surface area contributed by atoms with Gasteiger partial charge in [0.15, 0.2) is 0 Å². The third kappa shape index (κ3) is 4.35. The zero-order valence-electron chi connectivity index (χ0n) is 12.4. The van der Waals surface area contributed by atoms with Gasteiger partial charge in [0.25, 0.3) is 0 Å².